The highest BCUT2D eigenvalue weighted by Crippen LogP contribution is 2.28. The molecule has 0 aromatic rings. The van der Waals surface area contributed by atoms with Crippen LogP contribution in [0.1, 0.15) is 20.3 Å². The Morgan fingerprint density at radius 3 is 2.58 bits per heavy atom. The Labute approximate surface area is 69.9 Å². The Morgan fingerprint density at radius 1 is 1.67 bits per heavy atom. The molecule has 1 aliphatic rings. The summed E-state index contributed by atoms with van der Waals surface area (Å²) in [5.74, 6) is -0.630. The van der Waals surface area contributed by atoms with Crippen molar-refractivity contribution >= 4 is 5.97 Å². The van der Waals surface area contributed by atoms with Crippen LogP contribution >= 0.6 is 0 Å². The van der Waals surface area contributed by atoms with Gasteiger partial charge < -0.3 is 4.74 Å². The van der Waals surface area contributed by atoms with Crippen molar-refractivity contribution in [1.82, 2.24) is 0 Å². The molecule has 0 N–H and O–H groups in total. The summed E-state index contributed by atoms with van der Waals surface area (Å²) in [7, 11) is 0. The fourth-order valence-electron chi connectivity index (χ4n) is 1.12. The molecular weight excluding hydrogens is 162 g/mol. The van der Waals surface area contributed by atoms with Crippen LogP contribution in [0, 0.1) is 16.0 Å². The number of ether oxygens (including phenoxy) is 1. The molecule has 5 nitrogen and oxygen atoms in total. The van der Waals surface area contributed by atoms with Gasteiger partial charge in [0.2, 0.25) is 5.54 Å². The van der Waals surface area contributed by atoms with Crippen LogP contribution in [0.15, 0.2) is 0 Å². The van der Waals surface area contributed by atoms with Gasteiger partial charge in [-0.2, -0.15) is 0 Å². The van der Waals surface area contributed by atoms with Gasteiger partial charge in [-0.15, -0.1) is 0 Å². The second kappa shape index (κ2) is 2.73. The SMILES string of the molecule is CC(C)(C1COC(=O)C1)[N+](=O)[O-]. The van der Waals surface area contributed by atoms with Crippen LogP contribution < -0.4 is 0 Å². The van der Waals surface area contributed by atoms with Crippen molar-refractivity contribution in [2.75, 3.05) is 6.61 Å². The zero-order chi connectivity index (χ0) is 9.35. The van der Waals surface area contributed by atoms with Gasteiger partial charge in [0.15, 0.2) is 0 Å². The Kier molecular flexibility index (Phi) is 2.04. The third-order valence-corrected chi connectivity index (χ3v) is 2.33. The number of esters is 1. The number of rotatable bonds is 2. The van der Waals surface area contributed by atoms with Crippen LogP contribution in [0.5, 0.6) is 0 Å². The van der Waals surface area contributed by atoms with Crippen LogP contribution in [-0.2, 0) is 9.53 Å². The zero-order valence-electron chi connectivity index (χ0n) is 7.07. The normalized spacial score (nSPS) is 23.8. The van der Waals surface area contributed by atoms with Crippen LogP contribution in [0.4, 0.5) is 0 Å². The molecule has 1 fully saturated rings. The van der Waals surface area contributed by atoms with Gasteiger partial charge in [-0.25, -0.2) is 0 Å². The molecule has 0 aromatic carbocycles. The summed E-state index contributed by atoms with van der Waals surface area (Å²) in [5, 5.41) is 10.6. The maximum Gasteiger partial charge on any atom is 0.306 e. The quantitative estimate of drug-likeness (QED) is 0.348. The molecule has 1 atom stereocenters. The van der Waals surface area contributed by atoms with Crippen molar-refractivity contribution in [3.63, 3.8) is 0 Å². The molecule has 1 saturated heterocycles. The topological polar surface area (TPSA) is 69.4 Å². The fraction of sp³-hybridized carbons (Fsp3) is 0.857. The summed E-state index contributed by atoms with van der Waals surface area (Å²) >= 11 is 0. The van der Waals surface area contributed by atoms with Crippen molar-refractivity contribution in [3.05, 3.63) is 10.1 Å². The molecular formula is C7H11NO4. The smallest absolute Gasteiger partial charge is 0.306 e. The molecule has 5 heteroatoms. The first kappa shape index (κ1) is 8.96. The Hall–Kier alpha value is -1.13. The van der Waals surface area contributed by atoms with Gasteiger partial charge in [-0.05, 0) is 0 Å². The van der Waals surface area contributed by atoms with Gasteiger partial charge in [0.25, 0.3) is 0 Å². The number of hydrogen-bond acceptors (Lipinski definition) is 4. The van der Waals surface area contributed by atoms with Gasteiger partial charge in [0.1, 0.15) is 6.61 Å². The molecule has 0 bridgehead atoms. The van der Waals surface area contributed by atoms with E-state index in [2.05, 4.69) is 4.74 Å². The predicted octanol–water partition coefficient (Wildman–Crippen LogP) is 0.605. The molecule has 12 heavy (non-hydrogen) atoms. The molecule has 1 unspecified atom stereocenters. The maximum absolute atomic E-state index is 10.7. The van der Waals surface area contributed by atoms with Crippen molar-refractivity contribution in [2.24, 2.45) is 5.92 Å². The summed E-state index contributed by atoms with van der Waals surface area (Å²) in [4.78, 5) is 20.9. The minimum absolute atomic E-state index is 0.161. The lowest BCUT2D eigenvalue weighted by Gasteiger charge is -2.19. The van der Waals surface area contributed by atoms with Crippen LogP contribution in [0.2, 0.25) is 0 Å². The molecule has 0 aliphatic carbocycles. The maximum atomic E-state index is 10.7. The Morgan fingerprint density at radius 2 is 2.25 bits per heavy atom. The molecule has 0 amide bonds. The first-order valence-electron chi connectivity index (χ1n) is 3.74. The summed E-state index contributed by atoms with van der Waals surface area (Å²) in [6.07, 6.45) is 0.161. The minimum Gasteiger partial charge on any atom is -0.465 e. The highest BCUT2D eigenvalue weighted by Gasteiger charge is 2.45. The molecule has 1 heterocycles. The molecule has 1 aliphatic heterocycles. The first-order chi connectivity index (χ1) is 5.44. The van der Waals surface area contributed by atoms with Crippen LogP contribution in [-0.4, -0.2) is 23.0 Å². The first-order valence-corrected chi connectivity index (χ1v) is 3.74. The van der Waals surface area contributed by atoms with E-state index >= 15 is 0 Å². The van der Waals surface area contributed by atoms with E-state index in [0.717, 1.165) is 0 Å². The van der Waals surface area contributed by atoms with E-state index < -0.39 is 5.54 Å². The van der Waals surface area contributed by atoms with E-state index in [1.54, 1.807) is 0 Å². The largest absolute Gasteiger partial charge is 0.465 e. The van der Waals surface area contributed by atoms with Gasteiger partial charge in [-0.3, -0.25) is 14.9 Å². The van der Waals surface area contributed by atoms with E-state index in [4.69, 9.17) is 0 Å². The van der Waals surface area contributed by atoms with Crippen LogP contribution in [0.3, 0.4) is 0 Å². The number of hydrogen-bond donors (Lipinski definition) is 0. The number of carbonyl (C=O) groups is 1. The lowest BCUT2D eigenvalue weighted by Crippen LogP contribution is -2.39. The fourth-order valence-corrected chi connectivity index (χ4v) is 1.12. The van der Waals surface area contributed by atoms with Crippen molar-refractivity contribution in [1.29, 1.82) is 0 Å². The highest BCUT2D eigenvalue weighted by molar-refractivity contribution is 5.71. The summed E-state index contributed by atoms with van der Waals surface area (Å²) in [6.45, 7) is 3.20. The Balaban J connectivity index is 2.70. The minimum atomic E-state index is -1.06. The third-order valence-electron chi connectivity index (χ3n) is 2.33. The van der Waals surface area contributed by atoms with Crippen molar-refractivity contribution < 1.29 is 14.5 Å². The second-order valence-electron chi connectivity index (χ2n) is 3.49. The van der Waals surface area contributed by atoms with E-state index in [1.165, 1.54) is 13.8 Å². The number of nitro groups is 1. The lowest BCUT2D eigenvalue weighted by molar-refractivity contribution is -0.570. The van der Waals surface area contributed by atoms with Gasteiger partial charge in [-0.1, -0.05) is 0 Å². The van der Waals surface area contributed by atoms with E-state index in [-0.39, 0.29) is 29.8 Å². The van der Waals surface area contributed by atoms with Crippen molar-refractivity contribution in [3.8, 4) is 0 Å². The lowest BCUT2D eigenvalue weighted by atomic mass is 9.87. The number of cyclic esters (lactones) is 1. The second-order valence-corrected chi connectivity index (χ2v) is 3.49. The monoisotopic (exact) mass is 173 g/mol. The standard InChI is InChI=1S/C7H11NO4/c1-7(2,8(10)11)5-3-6(9)12-4-5/h5H,3-4H2,1-2H3. The van der Waals surface area contributed by atoms with Crippen molar-refractivity contribution in [2.45, 2.75) is 25.8 Å². The predicted molar refractivity (Wildman–Crippen MR) is 40.1 cm³/mol. The number of carbonyl (C=O) groups excluding carboxylic acids is 1. The molecule has 0 radical (unpaired) electrons. The zero-order valence-corrected chi connectivity index (χ0v) is 7.07. The molecule has 0 aromatic heterocycles. The molecule has 0 saturated carbocycles. The number of nitrogens with zero attached hydrogens (tertiary/aromatic N) is 1. The highest BCUT2D eigenvalue weighted by atomic mass is 16.6. The summed E-state index contributed by atoms with van der Waals surface area (Å²) in [6, 6.07) is 0. The van der Waals surface area contributed by atoms with Crippen LogP contribution in [0.25, 0.3) is 0 Å². The van der Waals surface area contributed by atoms with Gasteiger partial charge in [0, 0.05) is 18.8 Å². The van der Waals surface area contributed by atoms with Gasteiger partial charge >= 0.3 is 5.97 Å². The summed E-state index contributed by atoms with van der Waals surface area (Å²) < 4.78 is 4.66. The molecule has 68 valence electrons. The van der Waals surface area contributed by atoms with Gasteiger partial charge in [0.05, 0.1) is 12.3 Å². The molecule has 0 spiro atoms. The third kappa shape index (κ3) is 1.39. The Bertz CT molecular complexity index is 223. The average Bonchev–Trinajstić information content (AvgIpc) is 2.35. The molecule has 1 rings (SSSR count). The van der Waals surface area contributed by atoms with E-state index in [1.807, 2.05) is 0 Å². The van der Waals surface area contributed by atoms with E-state index in [9.17, 15) is 14.9 Å². The summed E-state index contributed by atoms with van der Waals surface area (Å²) in [5.41, 5.74) is -1.06. The average molecular weight is 173 g/mol. The van der Waals surface area contributed by atoms with E-state index in [0.29, 0.717) is 0 Å².